The first kappa shape index (κ1) is 12.5. The molecule has 2 unspecified atom stereocenters. The number of nitrogens with zero attached hydrogens (tertiary/aromatic N) is 2. The number of hydrogen-bond donors (Lipinski definition) is 1. The summed E-state index contributed by atoms with van der Waals surface area (Å²) in [6.45, 7) is 5.00. The van der Waals surface area contributed by atoms with E-state index in [1.54, 1.807) is 6.07 Å². The highest BCUT2D eigenvalue weighted by Gasteiger charge is 2.27. The van der Waals surface area contributed by atoms with Crippen LogP contribution >= 0.6 is 0 Å². The van der Waals surface area contributed by atoms with E-state index in [-0.39, 0.29) is 5.82 Å². The first-order valence-corrected chi connectivity index (χ1v) is 6.30. The summed E-state index contributed by atoms with van der Waals surface area (Å²) in [4.78, 5) is 6.61. The van der Waals surface area contributed by atoms with E-state index in [2.05, 4.69) is 16.8 Å². The van der Waals surface area contributed by atoms with Crippen molar-refractivity contribution in [3.63, 3.8) is 0 Å². The van der Waals surface area contributed by atoms with Gasteiger partial charge < -0.3 is 5.73 Å². The van der Waals surface area contributed by atoms with Gasteiger partial charge in [-0.1, -0.05) is 6.92 Å². The minimum absolute atomic E-state index is 0.273. The molecule has 1 saturated heterocycles. The van der Waals surface area contributed by atoms with Crippen LogP contribution in [0.5, 0.6) is 0 Å². The molecule has 0 bridgehead atoms. The zero-order chi connectivity index (χ0) is 12.3. The fraction of sp³-hybridized carbons (Fsp3) is 0.615. The summed E-state index contributed by atoms with van der Waals surface area (Å²) >= 11 is 0. The van der Waals surface area contributed by atoms with Gasteiger partial charge >= 0.3 is 0 Å². The Labute approximate surface area is 102 Å². The lowest BCUT2D eigenvalue weighted by molar-refractivity contribution is 0.226. The Morgan fingerprint density at radius 3 is 2.94 bits per heavy atom. The maximum atomic E-state index is 12.9. The Morgan fingerprint density at radius 2 is 2.41 bits per heavy atom. The lowest BCUT2D eigenvalue weighted by Gasteiger charge is -2.26. The number of rotatable bonds is 4. The Bertz CT molecular complexity index is 352. The first-order valence-electron chi connectivity index (χ1n) is 6.30. The van der Waals surface area contributed by atoms with Gasteiger partial charge in [-0.3, -0.25) is 9.88 Å². The van der Waals surface area contributed by atoms with Gasteiger partial charge in [-0.2, -0.15) is 0 Å². The second kappa shape index (κ2) is 5.56. The predicted octanol–water partition coefficient (Wildman–Crippen LogP) is 1.95. The van der Waals surface area contributed by atoms with Gasteiger partial charge in [-0.25, -0.2) is 4.39 Å². The molecule has 17 heavy (non-hydrogen) atoms. The summed E-state index contributed by atoms with van der Waals surface area (Å²) in [6, 6.07) is 3.58. The maximum Gasteiger partial charge on any atom is 0.141 e. The zero-order valence-corrected chi connectivity index (χ0v) is 10.3. The molecule has 0 amide bonds. The van der Waals surface area contributed by atoms with Crippen molar-refractivity contribution in [3.05, 3.63) is 29.8 Å². The number of pyridine rings is 1. The molecule has 2 N–H and O–H groups in total. The number of hydrogen-bond acceptors (Lipinski definition) is 3. The van der Waals surface area contributed by atoms with Crippen molar-refractivity contribution in [3.8, 4) is 0 Å². The van der Waals surface area contributed by atoms with Crippen molar-refractivity contribution in [2.45, 2.75) is 25.8 Å². The number of likely N-dealkylation sites (tertiary alicyclic amines) is 1. The molecule has 1 aliphatic heterocycles. The monoisotopic (exact) mass is 237 g/mol. The van der Waals surface area contributed by atoms with Crippen molar-refractivity contribution in [1.82, 2.24) is 9.88 Å². The van der Waals surface area contributed by atoms with E-state index >= 15 is 0 Å². The van der Waals surface area contributed by atoms with Crippen LogP contribution in [0.4, 0.5) is 4.39 Å². The van der Waals surface area contributed by atoms with Crippen molar-refractivity contribution < 1.29 is 4.39 Å². The van der Waals surface area contributed by atoms with Crippen LogP contribution in [0, 0.1) is 11.7 Å². The van der Waals surface area contributed by atoms with E-state index in [4.69, 9.17) is 5.73 Å². The van der Waals surface area contributed by atoms with Gasteiger partial charge in [-0.15, -0.1) is 0 Å². The summed E-state index contributed by atoms with van der Waals surface area (Å²) < 4.78 is 12.9. The summed E-state index contributed by atoms with van der Waals surface area (Å²) in [5.74, 6) is 0.328. The molecule has 0 spiro atoms. The molecule has 0 saturated carbocycles. The highest BCUT2D eigenvalue weighted by atomic mass is 19.1. The van der Waals surface area contributed by atoms with Gasteiger partial charge in [0.1, 0.15) is 5.82 Å². The molecule has 1 aliphatic rings. The van der Waals surface area contributed by atoms with Crippen LogP contribution in [0.15, 0.2) is 18.3 Å². The van der Waals surface area contributed by atoms with Crippen molar-refractivity contribution in [2.75, 3.05) is 19.6 Å². The number of nitrogens with two attached hydrogens (primary N) is 1. The molecular weight excluding hydrogens is 217 g/mol. The maximum absolute atomic E-state index is 12.9. The van der Waals surface area contributed by atoms with E-state index in [0.717, 1.165) is 38.2 Å². The molecule has 2 atom stereocenters. The van der Waals surface area contributed by atoms with Gasteiger partial charge in [0.05, 0.1) is 17.9 Å². The third-order valence-electron chi connectivity index (χ3n) is 3.57. The predicted molar refractivity (Wildman–Crippen MR) is 66.0 cm³/mol. The molecular formula is C13H20FN3. The van der Waals surface area contributed by atoms with Crippen LogP contribution in [-0.4, -0.2) is 29.5 Å². The van der Waals surface area contributed by atoms with Gasteiger partial charge in [0, 0.05) is 6.54 Å². The second-order valence-corrected chi connectivity index (χ2v) is 4.71. The normalized spacial score (nSPS) is 22.9. The summed E-state index contributed by atoms with van der Waals surface area (Å²) in [5, 5.41) is 0. The van der Waals surface area contributed by atoms with Crippen molar-refractivity contribution >= 4 is 0 Å². The average molecular weight is 237 g/mol. The molecule has 0 radical (unpaired) electrons. The SMILES string of the molecule is CCC(c1ccc(F)cn1)N1CCC(CN)C1. The van der Waals surface area contributed by atoms with Crippen LogP contribution in [0.2, 0.25) is 0 Å². The molecule has 3 nitrogen and oxygen atoms in total. The molecule has 2 rings (SSSR count). The van der Waals surface area contributed by atoms with Gasteiger partial charge in [0.15, 0.2) is 0 Å². The molecule has 1 aromatic rings. The molecule has 2 heterocycles. The molecule has 0 aliphatic carbocycles. The highest BCUT2D eigenvalue weighted by Crippen LogP contribution is 2.28. The Balaban J connectivity index is 2.08. The number of aromatic nitrogens is 1. The zero-order valence-electron chi connectivity index (χ0n) is 10.3. The minimum Gasteiger partial charge on any atom is -0.330 e. The van der Waals surface area contributed by atoms with E-state index in [0.29, 0.717) is 12.0 Å². The molecule has 1 aromatic heterocycles. The minimum atomic E-state index is -0.273. The van der Waals surface area contributed by atoms with Crippen LogP contribution in [0.25, 0.3) is 0 Å². The van der Waals surface area contributed by atoms with Gasteiger partial charge in [0.25, 0.3) is 0 Å². The first-order chi connectivity index (χ1) is 8.24. The topological polar surface area (TPSA) is 42.2 Å². The Morgan fingerprint density at radius 1 is 1.59 bits per heavy atom. The van der Waals surface area contributed by atoms with E-state index in [1.165, 1.54) is 12.3 Å². The third kappa shape index (κ3) is 2.82. The summed E-state index contributed by atoms with van der Waals surface area (Å²) in [7, 11) is 0. The fourth-order valence-corrected chi connectivity index (χ4v) is 2.58. The van der Waals surface area contributed by atoms with Crippen LogP contribution in [0.3, 0.4) is 0 Å². The molecule has 1 fully saturated rings. The smallest absolute Gasteiger partial charge is 0.141 e. The summed E-state index contributed by atoms with van der Waals surface area (Å²) in [6.07, 6.45) is 3.46. The second-order valence-electron chi connectivity index (χ2n) is 4.71. The lowest BCUT2D eigenvalue weighted by atomic mass is 10.1. The molecule has 0 aromatic carbocycles. The summed E-state index contributed by atoms with van der Waals surface area (Å²) in [5.41, 5.74) is 6.67. The quantitative estimate of drug-likeness (QED) is 0.870. The highest BCUT2D eigenvalue weighted by molar-refractivity contribution is 5.10. The van der Waals surface area contributed by atoms with Crippen LogP contribution in [-0.2, 0) is 0 Å². The molecule has 4 heteroatoms. The van der Waals surface area contributed by atoms with E-state index < -0.39 is 0 Å². The lowest BCUT2D eigenvalue weighted by Crippen LogP contribution is -2.28. The van der Waals surface area contributed by atoms with Gasteiger partial charge in [0.2, 0.25) is 0 Å². The average Bonchev–Trinajstić information content (AvgIpc) is 2.81. The Hall–Kier alpha value is -1.00. The van der Waals surface area contributed by atoms with Crippen LogP contribution in [0.1, 0.15) is 31.5 Å². The van der Waals surface area contributed by atoms with E-state index in [1.807, 2.05) is 0 Å². The van der Waals surface area contributed by atoms with Crippen molar-refractivity contribution in [1.29, 1.82) is 0 Å². The third-order valence-corrected chi connectivity index (χ3v) is 3.57. The standard InChI is InChI=1S/C13H20FN3/c1-2-13(12-4-3-11(14)8-16-12)17-6-5-10(7-15)9-17/h3-4,8,10,13H,2,5-7,9,15H2,1H3. The van der Waals surface area contributed by atoms with Crippen LogP contribution < -0.4 is 5.73 Å². The largest absolute Gasteiger partial charge is 0.330 e. The Kier molecular flexibility index (Phi) is 4.07. The van der Waals surface area contributed by atoms with Crippen molar-refractivity contribution in [2.24, 2.45) is 11.7 Å². The van der Waals surface area contributed by atoms with Gasteiger partial charge in [-0.05, 0) is 44.0 Å². The fourth-order valence-electron chi connectivity index (χ4n) is 2.58. The number of halogens is 1. The van der Waals surface area contributed by atoms with E-state index in [9.17, 15) is 4.39 Å². The molecule has 94 valence electrons.